The molecule has 4 aromatic carbocycles. The molecule has 0 saturated heterocycles. The fourth-order valence-electron chi connectivity index (χ4n) is 4.71. The topological polar surface area (TPSA) is 83.6 Å². The molecule has 0 bridgehead atoms. The quantitative estimate of drug-likeness (QED) is 0.373. The molecule has 0 unspecified atom stereocenters. The number of anilines is 1. The van der Waals surface area contributed by atoms with E-state index in [1.54, 1.807) is 12.1 Å². The van der Waals surface area contributed by atoms with E-state index in [2.05, 4.69) is 5.32 Å². The van der Waals surface area contributed by atoms with Crippen LogP contribution in [0, 0.1) is 13.8 Å². The molecular formula is C31H28N2O4S. The second-order valence-electron chi connectivity index (χ2n) is 9.49. The van der Waals surface area contributed by atoms with Crippen molar-refractivity contribution in [2.45, 2.75) is 36.6 Å². The molecule has 192 valence electrons. The van der Waals surface area contributed by atoms with Gasteiger partial charge >= 0.3 is 0 Å². The summed E-state index contributed by atoms with van der Waals surface area (Å²) in [6.45, 7) is 4.52. The number of aryl methyl sites for hydroxylation is 2. The Balaban J connectivity index is 1.55. The molecule has 0 aromatic heterocycles. The van der Waals surface area contributed by atoms with Crippen molar-refractivity contribution >= 4 is 27.3 Å². The van der Waals surface area contributed by atoms with Crippen LogP contribution >= 0.6 is 0 Å². The Morgan fingerprint density at radius 3 is 2.37 bits per heavy atom. The second kappa shape index (κ2) is 10.3. The number of hydrogen-bond donors (Lipinski definition) is 1. The normalized spacial score (nSPS) is 13.8. The van der Waals surface area contributed by atoms with Crippen LogP contribution in [0.4, 0.5) is 5.69 Å². The minimum Gasteiger partial charge on any atom is -0.352 e. The summed E-state index contributed by atoms with van der Waals surface area (Å²) in [7, 11) is -4.00. The molecule has 4 aromatic rings. The van der Waals surface area contributed by atoms with Gasteiger partial charge < -0.3 is 10.2 Å². The number of fused-ring (bicyclic) bond motifs is 2. The van der Waals surface area contributed by atoms with Crippen LogP contribution in [0.3, 0.4) is 0 Å². The standard InChI is InChI=1S/C31H28N2O4S/c1-21-12-13-22(2)25(18-21)20-33-27-19-24(30(34)32-17-16-23-8-4-3-5-9-23)14-15-29(27)38(36,37)28-11-7-6-10-26(28)31(33)35/h3-15,18-19H,16-17,20H2,1-2H3,(H,32,34). The van der Waals surface area contributed by atoms with Crippen molar-refractivity contribution in [3.05, 3.63) is 124 Å². The second-order valence-corrected chi connectivity index (χ2v) is 11.4. The van der Waals surface area contributed by atoms with Crippen LogP contribution in [0.15, 0.2) is 101 Å². The molecule has 0 fully saturated rings. The van der Waals surface area contributed by atoms with Crippen molar-refractivity contribution in [1.29, 1.82) is 0 Å². The average molecular weight is 525 g/mol. The fourth-order valence-corrected chi connectivity index (χ4v) is 6.34. The summed E-state index contributed by atoms with van der Waals surface area (Å²) in [5.74, 6) is -0.757. The Bertz CT molecular complexity index is 1650. The van der Waals surface area contributed by atoms with E-state index in [4.69, 9.17) is 0 Å². The van der Waals surface area contributed by atoms with Crippen molar-refractivity contribution in [2.24, 2.45) is 0 Å². The first kappa shape index (κ1) is 25.4. The summed E-state index contributed by atoms with van der Waals surface area (Å²) in [4.78, 5) is 28.4. The number of amides is 2. The minimum absolute atomic E-state index is 0.00180. The van der Waals surface area contributed by atoms with E-state index >= 15 is 0 Å². The number of sulfone groups is 1. The smallest absolute Gasteiger partial charge is 0.259 e. The maximum absolute atomic E-state index is 13.9. The molecule has 0 spiro atoms. The number of rotatable bonds is 6. The molecule has 0 saturated carbocycles. The summed E-state index contributed by atoms with van der Waals surface area (Å²) >= 11 is 0. The molecule has 2 amide bonds. The zero-order valence-electron chi connectivity index (χ0n) is 21.3. The number of carbonyl (C=O) groups is 2. The monoisotopic (exact) mass is 524 g/mol. The minimum atomic E-state index is -4.00. The highest BCUT2D eigenvalue weighted by Gasteiger charge is 2.36. The van der Waals surface area contributed by atoms with Gasteiger partial charge in [0.2, 0.25) is 9.84 Å². The summed E-state index contributed by atoms with van der Waals surface area (Å²) < 4.78 is 27.4. The van der Waals surface area contributed by atoms with Gasteiger partial charge in [0, 0.05) is 12.1 Å². The Morgan fingerprint density at radius 2 is 1.58 bits per heavy atom. The first-order chi connectivity index (χ1) is 18.3. The largest absolute Gasteiger partial charge is 0.352 e. The third kappa shape index (κ3) is 4.85. The van der Waals surface area contributed by atoms with Crippen molar-refractivity contribution in [3.63, 3.8) is 0 Å². The zero-order chi connectivity index (χ0) is 26.9. The van der Waals surface area contributed by atoms with Crippen molar-refractivity contribution in [3.8, 4) is 0 Å². The molecule has 5 rings (SSSR count). The average Bonchev–Trinajstić information content (AvgIpc) is 2.99. The van der Waals surface area contributed by atoms with Gasteiger partial charge in [-0.05, 0) is 67.3 Å². The lowest BCUT2D eigenvalue weighted by Crippen LogP contribution is -2.31. The Kier molecular flexibility index (Phi) is 6.87. The van der Waals surface area contributed by atoms with Crippen LogP contribution < -0.4 is 10.2 Å². The molecule has 0 atom stereocenters. The molecule has 7 heteroatoms. The number of carbonyl (C=O) groups excluding carboxylic acids is 2. The van der Waals surface area contributed by atoms with E-state index in [1.807, 2.05) is 62.4 Å². The highest BCUT2D eigenvalue weighted by Crippen LogP contribution is 2.38. The number of hydrogen-bond acceptors (Lipinski definition) is 4. The van der Waals surface area contributed by atoms with E-state index < -0.39 is 15.7 Å². The molecule has 1 aliphatic heterocycles. The van der Waals surface area contributed by atoms with Gasteiger partial charge in [-0.2, -0.15) is 0 Å². The summed E-state index contributed by atoms with van der Waals surface area (Å²) in [6.07, 6.45) is 0.665. The molecule has 1 N–H and O–H groups in total. The first-order valence-electron chi connectivity index (χ1n) is 12.4. The molecule has 1 aliphatic rings. The Hall–Kier alpha value is -4.23. The lowest BCUT2D eigenvalue weighted by Gasteiger charge is -2.24. The predicted octanol–water partition coefficient (Wildman–Crippen LogP) is 5.27. The van der Waals surface area contributed by atoms with Gasteiger partial charge in [-0.3, -0.25) is 9.59 Å². The number of nitrogens with one attached hydrogen (secondary N) is 1. The maximum Gasteiger partial charge on any atom is 0.259 e. The van der Waals surface area contributed by atoms with Crippen molar-refractivity contribution in [1.82, 2.24) is 5.32 Å². The van der Waals surface area contributed by atoms with Crippen LogP contribution in [-0.2, 0) is 22.8 Å². The number of benzene rings is 4. The highest BCUT2D eigenvalue weighted by molar-refractivity contribution is 7.91. The predicted molar refractivity (Wildman–Crippen MR) is 147 cm³/mol. The van der Waals surface area contributed by atoms with Crippen molar-refractivity contribution in [2.75, 3.05) is 11.4 Å². The van der Waals surface area contributed by atoms with E-state index in [0.717, 1.165) is 22.3 Å². The third-order valence-electron chi connectivity index (χ3n) is 6.83. The van der Waals surface area contributed by atoms with Gasteiger partial charge in [-0.15, -0.1) is 0 Å². The lowest BCUT2D eigenvalue weighted by molar-refractivity contribution is 0.0950. The summed E-state index contributed by atoms with van der Waals surface area (Å²) in [6, 6.07) is 26.5. The molecule has 0 radical (unpaired) electrons. The maximum atomic E-state index is 13.9. The van der Waals surface area contributed by atoms with E-state index in [-0.39, 0.29) is 39.1 Å². The van der Waals surface area contributed by atoms with Gasteiger partial charge in [0.1, 0.15) is 0 Å². The molecule has 1 heterocycles. The lowest BCUT2D eigenvalue weighted by atomic mass is 10.0. The van der Waals surface area contributed by atoms with Gasteiger partial charge in [0.05, 0.1) is 27.6 Å². The van der Waals surface area contributed by atoms with E-state index in [0.29, 0.717) is 13.0 Å². The van der Waals surface area contributed by atoms with Crippen LogP contribution in [0.25, 0.3) is 0 Å². The van der Waals surface area contributed by atoms with Crippen LogP contribution in [0.1, 0.15) is 43.0 Å². The van der Waals surface area contributed by atoms with Gasteiger partial charge in [0.15, 0.2) is 0 Å². The molecule has 6 nitrogen and oxygen atoms in total. The first-order valence-corrected chi connectivity index (χ1v) is 13.9. The third-order valence-corrected chi connectivity index (χ3v) is 8.69. The number of nitrogens with zero attached hydrogens (tertiary/aromatic N) is 1. The molecule has 0 aliphatic carbocycles. The van der Waals surface area contributed by atoms with Gasteiger partial charge in [-0.1, -0.05) is 66.2 Å². The Morgan fingerprint density at radius 1 is 0.842 bits per heavy atom. The van der Waals surface area contributed by atoms with Gasteiger partial charge in [-0.25, -0.2) is 8.42 Å². The summed E-state index contributed by atoms with van der Waals surface area (Å²) in [5.41, 5.74) is 4.62. The fraction of sp³-hybridized carbons (Fsp3) is 0.161. The van der Waals surface area contributed by atoms with Gasteiger partial charge in [0.25, 0.3) is 11.8 Å². The van der Waals surface area contributed by atoms with Crippen LogP contribution in [0.5, 0.6) is 0 Å². The summed E-state index contributed by atoms with van der Waals surface area (Å²) in [5, 5.41) is 2.91. The van der Waals surface area contributed by atoms with Crippen molar-refractivity contribution < 1.29 is 18.0 Å². The van der Waals surface area contributed by atoms with Crippen LogP contribution in [-0.4, -0.2) is 26.8 Å². The highest BCUT2D eigenvalue weighted by atomic mass is 32.2. The van der Waals surface area contributed by atoms with E-state index in [1.165, 1.54) is 35.2 Å². The van der Waals surface area contributed by atoms with Crippen LogP contribution in [0.2, 0.25) is 0 Å². The zero-order valence-corrected chi connectivity index (χ0v) is 22.1. The Labute approximate surface area is 222 Å². The SMILES string of the molecule is Cc1ccc(C)c(CN2C(=O)c3ccccc3S(=O)(=O)c3ccc(C(=O)NCCc4ccccc4)cc32)c1. The molecule has 38 heavy (non-hydrogen) atoms. The molecular weight excluding hydrogens is 496 g/mol. The van der Waals surface area contributed by atoms with E-state index in [9.17, 15) is 18.0 Å².